The van der Waals surface area contributed by atoms with Crippen LogP contribution in [0.25, 0.3) is 11.4 Å². The highest BCUT2D eigenvalue weighted by Crippen LogP contribution is 2.25. The van der Waals surface area contributed by atoms with Crippen LogP contribution in [0.15, 0.2) is 47.7 Å². The van der Waals surface area contributed by atoms with Gasteiger partial charge in [0.15, 0.2) is 5.82 Å². The molecule has 0 saturated heterocycles. The molecular formula is C14H12ClN5S. The minimum absolute atomic E-state index is 0.412. The normalized spacial score (nSPS) is 11.3. The van der Waals surface area contributed by atoms with Crippen LogP contribution in [0.5, 0.6) is 0 Å². The second-order valence-electron chi connectivity index (χ2n) is 4.43. The second kappa shape index (κ2) is 5.67. The van der Waals surface area contributed by atoms with Crippen molar-refractivity contribution in [2.75, 3.05) is 0 Å². The molecule has 3 rings (SSSR count). The maximum absolute atomic E-state index is 6.21. The van der Waals surface area contributed by atoms with Crippen LogP contribution in [0.1, 0.15) is 5.69 Å². The van der Waals surface area contributed by atoms with Crippen LogP contribution in [0, 0.1) is 4.77 Å². The van der Waals surface area contributed by atoms with Gasteiger partial charge in [-0.15, -0.1) is 0 Å². The Morgan fingerprint density at radius 1 is 1.29 bits per heavy atom. The average molecular weight is 318 g/mol. The summed E-state index contributed by atoms with van der Waals surface area (Å²) >= 11 is 11.4. The van der Waals surface area contributed by atoms with E-state index in [1.54, 1.807) is 17.0 Å². The molecule has 106 valence electrons. The topological polar surface area (TPSA) is 50.9 Å². The summed E-state index contributed by atoms with van der Waals surface area (Å²) in [5.41, 5.74) is 1.73. The molecule has 2 heterocycles. The molecule has 0 bridgehead atoms. The zero-order valence-corrected chi connectivity index (χ0v) is 12.8. The van der Waals surface area contributed by atoms with Crippen molar-refractivity contribution in [3.8, 4) is 11.4 Å². The summed E-state index contributed by atoms with van der Waals surface area (Å²) in [5.74, 6) is 0.580. The van der Waals surface area contributed by atoms with Gasteiger partial charge in [-0.25, -0.2) is 5.10 Å². The summed E-state index contributed by atoms with van der Waals surface area (Å²) in [6.45, 7) is 0. The molecule has 21 heavy (non-hydrogen) atoms. The number of aromatic amines is 1. The van der Waals surface area contributed by atoms with Gasteiger partial charge >= 0.3 is 0 Å². The summed E-state index contributed by atoms with van der Waals surface area (Å²) in [4.78, 5) is 0. The first-order valence-electron chi connectivity index (χ1n) is 6.25. The Hall–Kier alpha value is -2.18. The Labute approximate surface area is 131 Å². The highest BCUT2D eigenvalue weighted by atomic mass is 35.5. The van der Waals surface area contributed by atoms with Gasteiger partial charge in [0.25, 0.3) is 0 Å². The number of rotatable bonds is 3. The van der Waals surface area contributed by atoms with E-state index in [4.69, 9.17) is 23.8 Å². The summed E-state index contributed by atoms with van der Waals surface area (Å²) in [6.07, 6.45) is 3.68. The van der Waals surface area contributed by atoms with Gasteiger partial charge in [-0.3, -0.25) is 0 Å². The molecule has 0 fully saturated rings. The maximum atomic E-state index is 6.21. The number of benzene rings is 1. The van der Waals surface area contributed by atoms with Crippen LogP contribution < -0.4 is 0 Å². The van der Waals surface area contributed by atoms with E-state index in [1.807, 2.05) is 48.1 Å². The van der Waals surface area contributed by atoms with Crippen molar-refractivity contribution in [3.63, 3.8) is 0 Å². The molecule has 5 nitrogen and oxygen atoms in total. The predicted molar refractivity (Wildman–Crippen MR) is 86.3 cm³/mol. The molecule has 0 atom stereocenters. The summed E-state index contributed by atoms with van der Waals surface area (Å²) in [6, 6.07) is 11.4. The Kier molecular flexibility index (Phi) is 3.72. The summed E-state index contributed by atoms with van der Waals surface area (Å²) < 4.78 is 3.93. The highest BCUT2D eigenvalue weighted by molar-refractivity contribution is 7.71. The molecular weight excluding hydrogens is 306 g/mol. The lowest BCUT2D eigenvalue weighted by molar-refractivity contribution is 0.862. The Balaban J connectivity index is 2.07. The molecule has 2 aromatic heterocycles. The van der Waals surface area contributed by atoms with E-state index in [9.17, 15) is 0 Å². The molecule has 0 saturated carbocycles. The fourth-order valence-electron chi connectivity index (χ4n) is 1.94. The third-order valence-electron chi connectivity index (χ3n) is 3.05. The second-order valence-corrected chi connectivity index (χ2v) is 5.23. The van der Waals surface area contributed by atoms with E-state index < -0.39 is 0 Å². The zero-order chi connectivity index (χ0) is 14.8. The Bertz CT molecular complexity index is 858. The summed E-state index contributed by atoms with van der Waals surface area (Å²) in [7, 11) is 1.95. The van der Waals surface area contributed by atoms with E-state index in [0.29, 0.717) is 15.6 Å². The van der Waals surface area contributed by atoms with Gasteiger partial charge in [0.1, 0.15) is 0 Å². The third-order valence-corrected chi connectivity index (χ3v) is 3.65. The van der Waals surface area contributed by atoms with Crippen LogP contribution in [-0.4, -0.2) is 25.7 Å². The molecule has 0 radical (unpaired) electrons. The quantitative estimate of drug-likeness (QED) is 0.594. The monoisotopic (exact) mass is 317 g/mol. The van der Waals surface area contributed by atoms with Gasteiger partial charge in [-0.2, -0.15) is 14.9 Å². The fraction of sp³-hybridized carbons (Fsp3) is 0.0714. The number of hydrogen-bond donors (Lipinski definition) is 1. The van der Waals surface area contributed by atoms with Crippen LogP contribution in [-0.2, 0) is 7.05 Å². The van der Waals surface area contributed by atoms with Gasteiger partial charge in [-0.1, -0.05) is 23.7 Å². The van der Waals surface area contributed by atoms with E-state index >= 15 is 0 Å². The molecule has 0 aliphatic carbocycles. The lowest BCUT2D eigenvalue weighted by Crippen LogP contribution is -1.98. The molecule has 0 spiro atoms. The zero-order valence-electron chi connectivity index (χ0n) is 11.2. The van der Waals surface area contributed by atoms with Crippen LogP contribution in [0.2, 0.25) is 5.02 Å². The minimum atomic E-state index is 0.412. The van der Waals surface area contributed by atoms with Crippen molar-refractivity contribution < 1.29 is 0 Å². The fourth-order valence-corrected chi connectivity index (χ4v) is 2.34. The van der Waals surface area contributed by atoms with Crippen LogP contribution in [0.3, 0.4) is 0 Å². The number of halogens is 1. The third kappa shape index (κ3) is 2.68. The van der Waals surface area contributed by atoms with Gasteiger partial charge in [-0.05, 0) is 36.5 Å². The lowest BCUT2D eigenvalue weighted by Gasteiger charge is -2.03. The number of H-pyrrole nitrogens is 1. The number of nitrogens with one attached hydrogen (secondary N) is 1. The van der Waals surface area contributed by atoms with E-state index in [0.717, 1.165) is 11.3 Å². The SMILES string of the molecule is Cn1cccc1/C=N\n1c(-c2ccccc2Cl)n[nH]c1=S. The molecule has 0 aliphatic heterocycles. The van der Waals surface area contributed by atoms with Gasteiger partial charge < -0.3 is 4.57 Å². The standard InChI is InChI=1S/C14H12ClN5S/c1-19-8-4-5-10(19)9-16-20-13(17-18-14(20)21)11-6-2-3-7-12(11)15/h2-9H,1H3,(H,18,21)/b16-9-. The highest BCUT2D eigenvalue weighted by Gasteiger charge is 2.11. The lowest BCUT2D eigenvalue weighted by atomic mass is 10.2. The number of hydrogen-bond acceptors (Lipinski definition) is 3. The van der Waals surface area contributed by atoms with Crippen LogP contribution >= 0.6 is 23.8 Å². The van der Waals surface area contributed by atoms with Gasteiger partial charge in [0.05, 0.1) is 16.9 Å². The van der Waals surface area contributed by atoms with Crippen molar-refractivity contribution in [2.45, 2.75) is 0 Å². The largest absolute Gasteiger partial charge is 0.350 e. The average Bonchev–Trinajstić information content (AvgIpc) is 3.04. The van der Waals surface area contributed by atoms with E-state index in [-0.39, 0.29) is 0 Å². The molecule has 0 unspecified atom stereocenters. The van der Waals surface area contributed by atoms with Crippen molar-refractivity contribution in [1.82, 2.24) is 19.4 Å². The van der Waals surface area contributed by atoms with Gasteiger partial charge in [0, 0.05) is 18.8 Å². The number of aromatic nitrogens is 4. The molecule has 1 aromatic carbocycles. The van der Waals surface area contributed by atoms with Crippen LogP contribution in [0.4, 0.5) is 0 Å². The van der Waals surface area contributed by atoms with Crippen molar-refractivity contribution in [2.24, 2.45) is 12.1 Å². The van der Waals surface area contributed by atoms with E-state index in [2.05, 4.69) is 15.3 Å². The van der Waals surface area contributed by atoms with Crippen molar-refractivity contribution in [1.29, 1.82) is 0 Å². The first-order valence-corrected chi connectivity index (χ1v) is 7.03. The number of nitrogens with zero attached hydrogens (tertiary/aromatic N) is 4. The van der Waals surface area contributed by atoms with Gasteiger partial charge in [0.2, 0.25) is 4.77 Å². The maximum Gasteiger partial charge on any atom is 0.216 e. The number of aryl methyl sites for hydroxylation is 1. The summed E-state index contributed by atoms with van der Waals surface area (Å²) in [5, 5.41) is 12.0. The molecule has 7 heteroatoms. The Morgan fingerprint density at radius 2 is 2.10 bits per heavy atom. The first-order chi connectivity index (χ1) is 10.2. The first kappa shape index (κ1) is 13.8. The van der Waals surface area contributed by atoms with Crippen molar-refractivity contribution >= 4 is 30.0 Å². The minimum Gasteiger partial charge on any atom is -0.350 e. The molecule has 0 amide bonds. The molecule has 0 aliphatic rings. The predicted octanol–water partition coefficient (Wildman–Crippen LogP) is 3.48. The molecule has 1 N–H and O–H groups in total. The Morgan fingerprint density at radius 3 is 2.81 bits per heavy atom. The smallest absolute Gasteiger partial charge is 0.216 e. The molecule has 3 aromatic rings. The van der Waals surface area contributed by atoms with Crippen molar-refractivity contribution in [3.05, 3.63) is 58.1 Å². The van der Waals surface area contributed by atoms with E-state index in [1.165, 1.54) is 0 Å².